The van der Waals surface area contributed by atoms with Crippen LogP contribution in [0.25, 0.3) is 0 Å². The standard InChI is InChI=1S/C11H20N4/c1-2-9(12)11-13-10(14-15-11)8-6-4-3-5-7-8/h8-9H,2-7,12H2,1H3,(H,13,14,15). The number of aromatic nitrogens is 3. The van der Waals surface area contributed by atoms with Crippen molar-refractivity contribution in [2.45, 2.75) is 57.4 Å². The molecule has 1 unspecified atom stereocenters. The van der Waals surface area contributed by atoms with Crippen LogP contribution in [0.2, 0.25) is 0 Å². The molecule has 0 amide bonds. The molecule has 1 atom stereocenters. The topological polar surface area (TPSA) is 67.6 Å². The molecule has 1 saturated carbocycles. The van der Waals surface area contributed by atoms with Gasteiger partial charge in [0.25, 0.3) is 0 Å². The molecule has 84 valence electrons. The smallest absolute Gasteiger partial charge is 0.167 e. The number of aromatic amines is 1. The molecular formula is C11H20N4. The molecule has 2 rings (SSSR count). The maximum atomic E-state index is 5.89. The van der Waals surface area contributed by atoms with E-state index >= 15 is 0 Å². The van der Waals surface area contributed by atoms with Crippen molar-refractivity contribution in [2.75, 3.05) is 0 Å². The zero-order valence-electron chi connectivity index (χ0n) is 9.37. The van der Waals surface area contributed by atoms with Crippen molar-refractivity contribution in [1.82, 2.24) is 15.2 Å². The van der Waals surface area contributed by atoms with E-state index in [-0.39, 0.29) is 6.04 Å². The first-order valence-corrected chi connectivity index (χ1v) is 5.99. The predicted molar refractivity (Wildman–Crippen MR) is 59.4 cm³/mol. The maximum Gasteiger partial charge on any atom is 0.167 e. The molecule has 1 fully saturated rings. The van der Waals surface area contributed by atoms with Gasteiger partial charge < -0.3 is 5.73 Å². The van der Waals surface area contributed by atoms with E-state index in [0.29, 0.717) is 5.92 Å². The first kappa shape index (κ1) is 10.6. The summed E-state index contributed by atoms with van der Waals surface area (Å²) < 4.78 is 0. The molecule has 4 nitrogen and oxygen atoms in total. The number of rotatable bonds is 3. The molecule has 1 heterocycles. The molecule has 0 aliphatic heterocycles. The Labute approximate surface area is 90.7 Å². The number of hydrogen-bond acceptors (Lipinski definition) is 3. The van der Waals surface area contributed by atoms with Crippen LogP contribution in [-0.4, -0.2) is 15.2 Å². The van der Waals surface area contributed by atoms with Crippen LogP contribution in [0.4, 0.5) is 0 Å². The predicted octanol–water partition coefficient (Wildman–Crippen LogP) is 2.26. The molecule has 4 heteroatoms. The Kier molecular flexibility index (Phi) is 3.36. The van der Waals surface area contributed by atoms with E-state index in [0.717, 1.165) is 18.1 Å². The summed E-state index contributed by atoms with van der Waals surface area (Å²) >= 11 is 0. The Morgan fingerprint density at radius 3 is 2.80 bits per heavy atom. The summed E-state index contributed by atoms with van der Waals surface area (Å²) in [6, 6.07) is -0.0152. The lowest BCUT2D eigenvalue weighted by molar-refractivity contribution is 0.429. The minimum absolute atomic E-state index is 0.0152. The van der Waals surface area contributed by atoms with Gasteiger partial charge in [-0.25, -0.2) is 4.98 Å². The van der Waals surface area contributed by atoms with E-state index < -0.39 is 0 Å². The summed E-state index contributed by atoms with van der Waals surface area (Å²) in [6.07, 6.45) is 7.39. The van der Waals surface area contributed by atoms with Crippen molar-refractivity contribution in [3.05, 3.63) is 11.6 Å². The van der Waals surface area contributed by atoms with E-state index in [1.807, 2.05) is 0 Å². The summed E-state index contributed by atoms with van der Waals surface area (Å²) in [6.45, 7) is 2.06. The van der Waals surface area contributed by atoms with Gasteiger partial charge in [0.1, 0.15) is 5.82 Å². The Morgan fingerprint density at radius 2 is 2.13 bits per heavy atom. The second kappa shape index (κ2) is 4.75. The van der Waals surface area contributed by atoms with Crippen LogP contribution in [0, 0.1) is 0 Å². The lowest BCUT2D eigenvalue weighted by atomic mass is 9.89. The largest absolute Gasteiger partial charge is 0.321 e. The van der Waals surface area contributed by atoms with Gasteiger partial charge in [-0.15, -0.1) is 0 Å². The monoisotopic (exact) mass is 208 g/mol. The molecule has 1 aromatic heterocycles. The van der Waals surface area contributed by atoms with E-state index in [9.17, 15) is 0 Å². The molecule has 0 radical (unpaired) electrons. The Hall–Kier alpha value is -0.900. The average molecular weight is 208 g/mol. The van der Waals surface area contributed by atoms with Gasteiger partial charge in [-0.2, -0.15) is 5.10 Å². The highest BCUT2D eigenvalue weighted by Crippen LogP contribution is 2.30. The molecule has 3 N–H and O–H groups in total. The van der Waals surface area contributed by atoms with Crippen LogP contribution in [-0.2, 0) is 0 Å². The second-order valence-electron chi connectivity index (χ2n) is 4.43. The highest BCUT2D eigenvalue weighted by Gasteiger charge is 2.20. The highest BCUT2D eigenvalue weighted by molar-refractivity contribution is 5.01. The maximum absolute atomic E-state index is 5.89. The molecule has 1 aromatic rings. The minimum Gasteiger partial charge on any atom is -0.321 e. The minimum atomic E-state index is -0.0152. The lowest BCUT2D eigenvalue weighted by Crippen LogP contribution is -2.11. The van der Waals surface area contributed by atoms with Gasteiger partial charge in [0.05, 0.1) is 6.04 Å². The van der Waals surface area contributed by atoms with Crippen LogP contribution >= 0.6 is 0 Å². The van der Waals surface area contributed by atoms with Gasteiger partial charge in [0.2, 0.25) is 0 Å². The van der Waals surface area contributed by atoms with Crippen LogP contribution in [0.1, 0.15) is 69.1 Å². The average Bonchev–Trinajstić information content (AvgIpc) is 2.78. The van der Waals surface area contributed by atoms with E-state index in [1.54, 1.807) is 0 Å². The van der Waals surface area contributed by atoms with Gasteiger partial charge in [-0.3, -0.25) is 5.10 Å². The van der Waals surface area contributed by atoms with Crippen LogP contribution in [0.15, 0.2) is 0 Å². The SMILES string of the molecule is CCC(N)c1n[nH]c(C2CCCCC2)n1. The Bertz CT molecular complexity index is 301. The zero-order valence-corrected chi connectivity index (χ0v) is 9.37. The van der Waals surface area contributed by atoms with Crippen molar-refractivity contribution >= 4 is 0 Å². The number of H-pyrrole nitrogens is 1. The fraction of sp³-hybridized carbons (Fsp3) is 0.818. The summed E-state index contributed by atoms with van der Waals surface area (Å²) in [5.74, 6) is 2.41. The van der Waals surface area contributed by atoms with Crippen molar-refractivity contribution in [3.63, 3.8) is 0 Å². The van der Waals surface area contributed by atoms with E-state index in [4.69, 9.17) is 5.73 Å². The van der Waals surface area contributed by atoms with Crippen LogP contribution < -0.4 is 5.73 Å². The van der Waals surface area contributed by atoms with Crippen LogP contribution in [0.5, 0.6) is 0 Å². The first-order chi connectivity index (χ1) is 7.31. The van der Waals surface area contributed by atoms with E-state index in [2.05, 4.69) is 22.1 Å². The third-order valence-corrected chi connectivity index (χ3v) is 3.28. The number of hydrogen-bond donors (Lipinski definition) is 2. The van der Waals surface area contributed by atoms with Crippen molar-refractivity contribution in [3.8, 4) is 0 Å². The molecule has 0 aromatic carbocycles. The van der Waals surface area contributed by atoms with Crippen molar-refractivity contribution < 1.29 is 0 Å². The Morgan fingerprint density at radius 1 is 1.40 bits per heavy atom. The van der Waals surface area contributed by atoms with Gasteiger partial charge >= 0.3 is 0 Å². The summed E-state index contributed by atoms with van der Waals surface area (Å²) in [4.78, 5) is 4.51. The number of nitrogens with zero attached hydrogens (tertiary/aromatic N) is 2. The fourth-order valence-electron chi connectivity index (χ4n) is 2.19. The first-order valence-electron chi connectivity index (χ1n) is 5.99. The third kappa shape index (κ3) is 2.37. The number of nitrogens with two attached hydrogens (primary N) is 1. The molecular weight excluding hydrogens is 188 g/mol. The Balaban J connectivity index is 2.05. The number of nitrogens with one attached hydrogen (secondary N) is 1. The van der Waals surface area contributed by atoms with Gasteiger partial charge in [0.15, 0.2) is 5.82 Å². The van der Waals surface area contributed by atoms with E-state index in [1.165, 1.54) is 32.1 Å². The third-order valence-electron chi connectivity index (χ3n) is 3.28. The van der Waals surface area contributed by atoms with Crippen molar-refractivity contribution in [2.24, 2.45) is 5.73 Å². The molecule has 0 bridgehead atoms. The highest BCUT2D eigenvalue weighted by atomic mass is 15.2. The molecule has 0 spiro atoms. The quantitative estimate of drug-likeness (QED) is 0.800. The van der Waals surface area contributed by atoms with Gasteiger partial charge in [0, 0.05) is 5.92 Å². The van der Waals surface area contributed by atoms with Crippen molar-refractivity contribution in [1.29, 1.82) is 0 Å². The fourth-order valence-corrected chi connectivity index (χ4v) is 2.19. The zero-order chi connectivity index (χ0) is 10.7. The lowest BCUT2D eigenvalue weighted by Gasteiger charge is -2.18. The summed E-state index contributed by atoms with van der Waals surface area (Å²) in [5.41, 5.74) is 5.89. The molecule has 1 aliphatic carbocycles. The molecule has 15 heavy (non-hydrogen) atoms. The molecule has 1 aliphatic rings. The molecule has 0 saturated heterocycles. The summed E-state index contributed by atoms with van der Waals surface area (Å²) in [5, 5.41) is 7.25. The normalized spacial score (nSPS) is 20.4. The van der Waals surface area contributed by atoms with Gasteiger partial charge in [-0.1, -0.05) is 26.2 Å². The van der Waals surface area contributed by atoms with Crippen LogP contribution in [0.3, 0.4) is 0 Å². The van der Waals surface area contributed by atoms with Gasteiger partial charge in [-0.05, 0) is 19.3 Å². The second-order valence-corrected chi connectivity index (χ2v) is 4.43. The summed E-state index contributed by atoms with van der Waals surface area (Å²) in [7, 11) is 0.